The van der Waals surface area contributed by atoms with Crippen LogP contribution in [-0.2, 0) is 22.4 Å². The summed E-state index contributed by atoms with van der Waals surface area (Å²) in [6.07, 6.45) is 7.26. The minimum absolute atomic E-state index is 0.0598. The number of piperidine rings is 1. The van der Waals surface area contributed by atoms with Crippen LogP contribution in [0.5, 0.6) is 0 Å². The van der Waals surface area contributed by atoms with Gasteiger partial charge in [-0.3, -0.25) is 9.89 Å². The zero-order chi connectivity index (χ0) is 18.4. The predicted molar refractivity (Wildman–Crippen MR) is 97.1 cm³/mol. The highest BCUT2D eigenvalue weighted by molar-refractivity contribution is 5.76. The van der Waals surface area contributed by atoms with Gasteiger partial charge in [0.25, 0.3) is 0 Å². The summed E-state index contributed by atoms with van der Waals surface area (Å²) in [6.45, 7) is 1.33. The smallest absolute Gasteiger partial charge is 0.222 e. The first kappa shape index (κ1) is 18.6. The number of hydrogen-bond acceptors (Lipinski definition) is 3. The first-order valence-corrected chi connectivity index (χ1v) is 9.19. The number of ether oxygens (including phenoxy) is 1. The molecule has 0 radical (unpaired) electrons. The van der Waals surface area contributed by atoms with Gasteiger partial charge in [-0.25, -0.2) is 4.39 Å². The van der Waals surface area contributed by atoms with Crippen LogP contribution in [0.4, 0.5) is 4.39 Å². The number of aryl methyl sites for hydroxylation is 1. The van der Waals surface area contributed by atoms with Crippen molar-refractivity contribution in [1.29, 1.82) is 0 Å². The third-order valence-corrected chi connectivity index (χ3v) is 5.17. The molecule has 2 atom stereocenters. The van der Waals surface area contributed by atoms with E-state index in [0.29, 0.717) is 31.5 Å². The molecule has 1 amide bonds. The van der Waals surface area contributed by atoms with Gasteiger partial charge in [0.1, 0.15) is 5.82 Å². The van der Waals surface area contributed by atoms with Crippen LogP contribution in [0.3, 0.4) is 0 Å². The van der Waals surface area contributed by atoms with Crippen LogP contribution in [0.1, 0.15) is 30.4 Å². The number of amides is 1. The van der Waals surface area contributed by atoms with Crippen molar-refractivity contribution < 1.29 is 13.9 Å². The minimum atomic E-state index is -0.189. The molecule has 1 aliphatic heterocycles. The zero-order valence-corrected chi connectivity index (χ0v) is 15.2. The maximum atomic E-state index is 14.0. The average molecular weight is 359 g/mol. The van der Waals surface area contributed by atoms with Gasteiger partial charge in [0, 0.05) is 38.7 Å². The number of carbonyl (C=O) groups excluding carboxylic acids is 1. The highest BCUT2D eigenvalue weighted by Gasteiger charge is 2.31. The number of benzene rings is 1. The summed E-state index contributed by atoms with van der Waals surface area (Å²) < 4.78 is 19.6. The Morgan fingerprint density at radius 2 is 2.27 bits per heavy atom. The second kappa shape index (κ2) is 8.94. The molecule has 0 bridgehead atoms. The van der Waals surface area contributed by atoms with Gasteiger partial charge in [0.15, 0.2) is 0 Å². The molecule has 1 aliphatic rings. The number of methoxy groups -OCH3 is 1. The molecule has 6 heteroatoms. The molecule has 26 heavy (non-hydrogen) atoms. The van der Waals surface area contributed by atoms with Crippen LogP contribution in [0.2, 0.25) is 0 Å². The maximum absolute atomic E-state index is 14.0. The molecule has 0 unspecified atom stereocenters. The van der Waals surface area contributed by atoms with E-state index in [9.17, 15) is 9.18 Å². The number of hydrogen-bond donors (Lipinski definition) is 1. The first-order chi connectivity index (χ1) is 12.7. The summed E-state index contributed by atoms with van der Waals surface area (Å²) in [7, 11) is 1.70. The summed E-state index contributed by atoms with van der Waals surface area (Å²) in [4.78, 5) is 14.5. The normalized spacial score (nSPS) is 20.3. The Kier molecular flexibility index (Phi) is 6.39. The number of nitrogens with one attached hydrogen (secondary N) is 1. The van der Waals surface area contributed by atoms with Gasteiger partial charge in [0.2, 0.25) is 5.91 Å². The Labute approximate surface area is 153 Å². The molecule has 1 fully saturated rings. The second-order valence-electron chi connectivity index (χ2n) is 6.92. The monoisotopic (exact) mass is 359 g/mol. The van der Waals surface area contributed by atoms with Crippen LogP contribution < -0.4 is 0 Å². The topological polar surface area (TPSA) is 58.2 Å². The lowest BCUT2D eigenvalue weighted by atomic mass is 9.88. The molecule has 1 aromatic carbocycles. The van der Waals surface area contributed by atoms with E-state index in [1.165, 1.54) is 6.07 Å². The van der Waals surface area contributed by atoms with E-state index in [1.54, 1.807) is 19.4 Å². The SMILES string of the molecule is CO[C@@H]1CCN(C(=O)CCCc2cn[nH]c2)C[C@H]1Cc1ccccc1F. The van der Waals surface area contributed by atoms with Crippen molar-refractivity contribution in [3.05, 3.63) is 53.6 Å². The lowest BCUT2D eigenvalue weighted by molar-refractivity contribution is -0.135. The van der Waals surface area contributed by atoms with Gasteiger partial charge in [-0.2, -0.15) is 5.10 Å². The van der Waals surface area contributed by atoms with Crippen molar-refractivity contribution >= 4 is 5.91 Å². The predicted octanol–water partition coefficient (Wildman–Crippen LogP) is 2.98. The Hall–Kier alpha value is -2.21. The van der Waals surface area contributed by atoms with Crippen molar-refractivity contribution in [3.63, 3.8) is 0 Å². The number of aromatic amines is 1. The van der Waals surface area contributed by atoms with Crippen LogP contribution in [0.25, 0.3) is 0 Å². The second-order valence-corrected chi connectivity index (χ2v) is 6.92. The third kappa shape index (κ3) is 4.69. The fourth-order valence-corrected chi connectivity index (χ4v) is 3.71. The quantitative estimate of drug-likeness (QED) is 0.827. The van der Waals surface area contributed by atoms with E-state index in [-0.39, 0.29) is 23.7 Å². The van der Waals surface area contributed by atoms with E-state index in [2.05, 4.69) is 10.2 Å². The van der Waals surface area contributed by atoms with Crippen LogP contribution in [0, 0.1) is 11.7 Å². The molecule has 140 valence electrons. The average Bonchev–Trinajstić information content (AvgIpc) is 3.17. The fraction of sp³-hybridized carbons (Fsp3) is 0.500. The molecule has 2 aromatic rings. The van der Waals surface area contributed by atoms with Crippen LogP contribution in [0.15, 0.2) is 36.7 Å². The lowest BCUT2D eigenvalue weighted by Crippen LogP contribution is -2.47. The number of nitrogens with zero attached hydrogens (tertiary/aromatic N) is 2. The molecule has 2 heterocycles. The summed E-state index contributed by atoms with van der Waals surface area (Å²) in [5, 5.41) is 6.71. The van der Waals surface area contributed by atoms with Gasteiger partial charge in [-0.15, -0.1) is 0 Å². The summed E-state index contributed by atoms with van der Waals surface area (Å²) in [5.41, 5.74) is 1.81. The number of rotatable bonds is 7. The summed E-state index contributed by atoms with van der Waals surface area (Å²) >= 11 is 0. The number of carbonyl (C=O) groups is 1. The standard InChI is InChI=1S/C20H26FN3O2/c1-26-19-9-10-24(20(25)8-4-5-15-12-22-23-13-15)14-17(19)11-16-6-2-3-7-18(16)21/h2-3,6-7,12-13,17,19H,4-5,8-11,14H2,1H3,(H,22,23)/t17-,19-/m1/s1. The number of halogens is 1. The Balaban J connectivity index is 1.55. The molecule has 1 saturated heterocycles. The molecule has 0 spiro atoms. The van der Waals surface area contributed by atoms with E-state index < -0.39 is 0 Å². The van der Waals surface area contributed by atoms with Gasteiger partial charge < -0.3 is 9.64 Å². The van der Waals surface area contributed by atoms with Gasteiger partial charge in [-0.05, 0) is 42.9 Å². The maximum Gasteiger partial charge on any atom is 0.222 e. The molecule has 0 aliphatic carbocycles. The molecule has 5 nitrogen and oxygen atoms in total. The van der Waals surface area contributed by atoms with E-state index in [4.69, 9.17) is 4.74 Å². The van der Waals surface area contributed by atoms with E-state index in [0.717, 1.165) is 24.8 Å². The Bertz CT molecular complexity index is 705. The zero-order valence-electron chi connectivity index (χ0n) is 15.2. The molecule has 1 N–H and O–H groups in total. The van der Waals surface area contributed by atoms with Gasteiger partial charge >= 0.3 is 0 Å². The first-order valence-electron chi connectivity index (χ1n) is 9.19. The number of H-pyrrole nitrogens is 1. The molecule has 0 saturated carbocycles. The van der Waals surface area contributed by atoms with Crippen molar-refractivity contribution in [1.82, 2.24) is 15.1 Å². The lowest BCUT2D eigenvalue weighted by Gasteiger charge is -2.38. The Morgan fingerprint density at radius 1 is 1.42 bits per heavy atom. The fourth-order valence-electron chi connectivity index (χ4n) is 3.71. The molecule has 3 rings (SSSR count). The third-order valence-electron chi connectivity index (χ3n) is 5.17. The number of aromatic nitrogens is 2. The largest absolute Gasteiger partial charge is 0.381 e. The van der Waals surface area contributed by atoms with Gasteiger partial charge in [-0.1, -0.05) is 18.2 Å². The molecular formula is C20H26FN3O2. The van der Waals surface area contributed by atoms with Crippen LogP contribution in [-0.4, -0.2) is 47.3 Å². The van der Waals surface area contributed by atoms with Gasteiger partial charge in [0.05, 0.1) is 12.3 Å². The summed E-state index contributed by atoms with van der Waals surface area (Å²) in [6, 6.07) is 6.84. The van der Waals surface area contributed by atoms with E-state index >= 15 is 0 Å². The Morgan fingerprint density at radius 3 is 3.00 bits per heavy atom. The van der Waals surface area contributed by atoms with Crippen molar-refractivity contribution in [2.75, 3.05) is 20.2 Å². The van der Waals surface area contributed by atoms with E-state index in [1.807, 2.05) is 23.2 Å². The van der Waals surface area contributed by atoms with Crippen molar-refractivity contribution in [3.8, 4) is 0 Å². The minimum Gasteiger partial charge on any atom is -0.381 e. The molecular weight excluding hydrogens is 333 g/mol. The number of likely N-dealkylation sites (tertiary alicyclic amines) is 1. The van der Waals surface area contributed by atoms with Crippen molar-refractivity contribution in [2.24, 2.45) is 5.92 Å². The van der Waals surface area contributed by atoms with Crippen molar-refractivity contribution in [2.45, 2.75) is 38.2 Å². The highest BCUT2D eigenvalue weighted by atomic mass is 19.1. The van der Waals surface area contributed by atoms with Crippen LogP contribution >= 0.6 is 0 Å². The highest BCUT2D eigenvalue weighted by Crippen LogP contribution is 2.25. The summed E-state index contributed by atoms with van der Waals surface area (Å²) in [5.74, 6) is 0.0935. The molecule has 1 aromatic heterocycles.